The molecule has 186 valence electrons. The largest absolute Gasteiger partial charge is 0.492 e. The summed E-state index contributed by atoms with van der Waals surface area (Å²) in [4.78, 5) is 12.7. The molecule has 6 nitrogen and oxygen atoms in total. The minimum Gasteiger partial charge on any atom is -0.492 e. The van der Waals surface area contributed by atoms with E-state index in [0.717, 1.165) is 16.9 Å². The van der Waals surface area contributed by atoms with E-state index in [4.69, 9.17) is 4.74 Å². The molecule has 0 aliphatic heterocycles. The van der Waals surface area contributed by atoms with E-state index in [-0.39, 0.29) is 28.3 Å². The van der Waals surface area contributed by atoms with Crippen LogP contribution in [-0.4, -0.2) is 27.5 Å². The highest BCUT2D eigenvalue weighted by Crippen LogP contribution is 2.24. The third-order valence-corrected chi connectivity index (χ3v) is 7.40. The summed E-state index contributed by atoms with van der Waals surface area (Å²) in [5.41, 5.74) is 4.66. The van der Waals surface area contributed by atoms with Crippen LogP contribution in [0.1, 0.15) is 53.4 Å². The lowest BCUT2D eigenvalue weighted by Crippen LogP contribution is -2.28. The lowest BCUT2D eigenvalue weighted by molar-refractivity contribution is 0.0946. The molecule has 0 heterocycles. The first-order valence-corrected chi connectivity index (χ1v) is 13.1. The standard InChI is InChI=1S/C28H34N2O4S/c1-19-8-12-24(17-21(19)3)30-35(32,33)26-18-22(9-7-20(26)2)27(31)29-15-16-34-25-13-10-23(11-14-25)28(4,5)6/h7-14,17-18,30H,15-16H2,1-6H3,(H,29,31). The smallest absolute Gasteiger partial charge is 0.262 e. The second-order valence-corrected chi connectivity index (χ2v) is 11.4. The third kappa shape index (κ3) is 6.85. The summed E-state index contributed by atoms with van der Waals surface area (Å²) in [5.74, 6) is 0.368. The lowest BCUT2D eigenvalue weighted by atomic mass is 9.87. The van der Waals surface area contributed by atoms with E-state index in [9.17, 15) is 13.2 Å². The maximum absolute atomic E-state index is 13.0. The number of rotatable bonds is 8. The van der Waals surface area contributed by atoms with E-state index in [2.05, 4.69) is 30.8 Å². The number of hydrogen-bond acceptors (Lipinski definition) is 4. The van der Waals surface area contributed by atoms with Gasteiger partial charge in [-0.25, -0.2) is 8.42 Å². The van der Waals surface area contributed by atoms with Crippen molar-refractivity contribution in [2.75, 3.05) is 17.9 Å². The Labute approximate surface area is 208 Å². The molecule has 0 atom stereocenters. The van der Waals surface area contributed by atoms with Crippen molar-refractivity contribution in [3.05, 3.63) is 88.5 Å². The van der Waals surface area contributed by atoms with Gasteiger partial charge in [-0.1, -0.05) is 45.0 Å². The first-order valence-electron chi connectivity index (χ1n) is 11.6. The highest BCUT2D eigenvalue weighted by atomic mass is 32.2. The number of benzene rings is 3. The van der Waals surface area contributed by atoms with E-state index < -0.39 is 10.0 Å². The zero-order valence-electron chi connectivity index (χ0n) is 21.2. The monoisotopic (exact) mass is 494 g/mol. The van der Waals surface area contributed by atoms with Crippen LogP contribution in [0, 0.1) is 20.8 Å². The number of amides is 1. The van der Waals surface area contributed by atoms with Gasteiger partial charge in [0, 0.05) is 11.3 Å². The van der Waals surface area contributed by atoms with Crippen molar-refractivity contribution in [1.82, 2.24) is 5.32 Å². The first-order chi connectivity index (χ1) is 16.4. The second-order valence-electron chi connectivity index (χ2n) is 9.76. The number of aryl methyl sites for hydroxylation is 3. The minimum atomic E-state index is -3.86. The van der Waals surface area contributed by atoms with Crippen LogP contribution in [-0.2, 0) is 15.4 Å². The molecule has 3 rings (SSSR count). The SMILES string of the molecule is Cc1ccc(NS(=O)(=O)c2cc(C(=O)NCCOc3ccc(C(C)(C)C)cc3)ccc2C)cc1C. The number of hydrogen-bond donors (Lipinski definition) is 2. The average molecular weight is 495 g/mol. The molecule has 1 amide bonds. The number of carbonyl (C=O) groups is 1. The van der Waals surface area contributed by atoms with Gasteiger partial charge in [-0.05, 0) is 84.8 Å². The molecule has 35 heavy (non-hydrogen) atoms. The second kappa shape index (κ2) is 10.5. The third-order valence-electron chi connectivity index (χ3n) is 5.88. The molecule has 3 aromatic carbocycles. The van der Waals surface area contributed by atoms with Gasteiger partial charge in [0.15, 0.2) is 0 Å². The van der Waals surface area contributed by atoms with Gasteiger partial charge < -0.3 is 10.1 Å². The van der Waals surface area contributed by atoms with Crippen LogP contribution in [0.5, 0.6) is 5.75 Å². The van der Waals surface area contributed by atoms with Gasteiger partial charge in [0.2, 0.25) is 0 Å². The van der Waals surface area contributed by atoms with Gasteiger partial charge >= 0.3 is 0 Å². The molecular formula is C28H34N2O4S. The van der Waals surface area contributed by atoms with Crippen molar-refractivity contribution in [2.24, 2.45) is 0 Å². The number of carbonyl (C=O) groups excluding carboxylic acids is 1. The molecule has 0 saturated heterocycles. The summed E-state index contributed by atoms with van der Waals surface area (Å²) >= 11 is 0. The van der Waals surface area contributed by atoms with Crippen LogP contribution < -0.4 is 14.8 Å². The quantitative estimate of drug-likeness (QED) is 0.404. The lowest BCUT2D eigenvalue weighted by Gasteiger charge is -2.19. The van der Waals surface area contributed by atoms with Crippen molar-refractivity contribution in [2.45, 2.75) is 51.9 Å². The molecular weight excluding hydrogens is 460 g/mol. The van der Waals surface area contributed by atoms with Gasteiger partial charge in [0.25, 0.3) is 15.9 Å². The van der Waals surface area contributed by atoms with Gasteiger partial charge in [-0.15, -0.1) is 0 Å². The predicted molar refractivity (Wildman–Crippen MR) is 141 cm³/mol. The zero-order chi connectivity index (χ0) is 25.8. The fourth-order valence-electron chi connectivity index (χ4n) is 3.53. The topological polar surface area (TPSA) is 84.5 Å². The van der Waals surface area contributed by atoms with E-state index >= 15 is 0 Å². The number of nitrogens with one attached hydrogen (secondary N) is 2. The highest BCUT2D eigenvalue weighted by Gasteiger charge is 2.20. The predicted octanol–water partition coefficient (Wildman–Crippen LogP) is 5.52. The Morgan fingerprint density at radius 1 is 0.857 bits per heavy atom. The molecule has 0 unspecified atom stereocenters. The Kier molecular flexibility index (Phi) is 7.90. The average Bonchev–Trinajstić information content (AvgIpc) is 2.78. The van der Waals surface area contributed by atoms with Crippen LogP contribution in [0.4, 0.5) is 5.69 Å². The first kappa shape index (κ1) is 26.3. The van der Waals surface area contributed by atoms with Crippen molar-refractivity contribution in [1.29, 1.82) is 0 Å². The fraction of sp³-hybridized carbons (Fsp3) is 0.321. The number of anilines is 1. The molecule has 0 aliphatic rings. The normalized spacial score (nSPS) is 11.7. The molecule has 0 aromatic heterocycles. The molecule has 3 aromatic rings. The zero-order valence-corrected chi connectivity index (χ0v) is 22.0. The molecule has 0 radical (unpaired) electrons. The van der Waals surface area contributed by atoms with Crippen molar-refractivity contribution in [3.63, 3.8) is 0 Å². The summed E-state index contributed by atoms with van der Waals surface area (Å²) < 4.78 is 34.4. The molecule has 0 saturated carbocycles. The Morgan fingerprint density at radius 3 is 2.14 bits per heavy atom. The molecule has 0 aliphatic carbocycles. The van der Waals surface area contributed by atoms with Crippen LogP contribution in [0.3, 0.4) is 0 Å². The van der Waals surface area contributed by atoms with E-state index in [0.29, 0.717) is 17.9 Å². The molecule has 0 bridgehead atoms. The van der Waals surface area contributed by atoms with Crippen LogP contribution in [0.2, 0.25) is 0 Å². The van der Waals surface area contributed by atoms with Crippen LogP contribution >= 0.6 is 0 Å². The van der Waals surface area contributed by atoms with Gasteiger partial charge in [0.1, 0.15) is 12.4 Å². The number of sulfonamides is 1. The van der Waals surface area contributed by atoms with Crippen LogP contribution in [0.15, 0.2) is 65.6 Å². The molecule has 7 heteroatoms. The van der Waals surface area contributed by atoms with Crippen molar-refractivity contribution < 1.29 is 17.9 Å². The van der Waals surface area contributed by atoms with E-state index in [1.54, 1.807) is 31.2 Å². The summed E-state index contributed by atoms with van der Waals surface area (Å²) in [6.45, 7) is 12.6. The summed E-state index contributed by atoms with van der Waals surface area (Å²) in [6, 6.07) is 17.9. The molecule has 0 spiro atoms. The summed E-state index contributed by atoms with van der Waals surface area (Å²) in [7, 11) is -3.86. The maximum atomic E-state index is 13.0. The van der Waals surface area contributed by atoms with Gasteiger partial charge in [-0.2, -0.15) is 0 Å². The van der Waals surface area contributed by atoms with Crippen LogP contribution in [0.25, 0.3) is 0 Å². The number of ether oxygens (including phenoxy) is 1. The maximum Gasteiger partial charge on any atom is 0.262 e. The summed E-state index contributed by atoms with van der Waals surface area (Å²) in [5, 5.41) is 2.79. The fourth-order valence-corrected chi connectivity index (χ4v) is 4.85. The van der Waals surface area contributed by atoms with Gasteiger partial charge in [0.05, 0.1) is 11.4 Å². The minimum absolute atomic E-state index is 0.0681. The molecule has 2 N–H and O–H groups in total. The van der Waals surface area contributed by atoms with Crippen molar-refractivity contribution >= 4 is 21.6 Å². The van der Waals surface area contributed by atoms with Gasteiger partial charge in [-0.3, -0.25) is 9.52 Å². The Balaban J connectivity index is 1.62. The molecule has 0 fully saturated rings. The Hall–Kier alpha value is -3.32. The summed E-state index contributed by atoms with van der Waals surface area (Å²) in [6.07, 6.45) is 0. The Bertz CT molecular complexity index is 1310. The highest BCUT2D eigenvalue weighted by molar-refractivity contribution is 7.92. The Morgan fingerprint density at radius 2 is 1.51 bits per heavy atom. The van der Waals surface area contributed by atoms with Crippen molar-refractivity contribution in [3.8, 4) is 5.75 Å². The van der Waals surface area contributed by atoms with E-state index in [1.165, 1.54) is 11.6 Å². The van der Waals surface area contributed by atoms with E-state index in [1.807, 2.05) is 44.2 Å².